The topological polar surface area (TPSA) is 45.6 Å². The first-order chi connectivity index (χ1) is 17.0. The maximum atomic E-state index is 13.2. The Labute approximate surface area is 215 Å². The molecule has 3 aromatic rings. The molecule has 3 heterocycles. The third-order valence-electron chi connectivity index (χ3n) is 6.88. The van der Waals surface area contributed by atoms with Crippen LogP contribution in [0.25, 0.3) is 17.0 Å². The summed E-state index contributed by atoms with van der Waals surface area (Å²) in [5.41, 5.74) is 3.11. The number of benzene rings is 2. The van der Waals surface area contributed by atoms with Gasteiger partial charge in [-0.25, -0.2) is 0 Å². The van der Waals surface area contributed by atoms with Crippen LogP contribution in [0.2, 0.25) is 0 Å². The van der Waals surface area contributed by atoms with Gasteiger partial charge in [0.2, 0.25) is 5.91 Å². The van der Waals surface area contributed by atoms with Crippen LogP contribution in [0, 0.1) is 0 Å². The molecule has 2 aliphatic heterocycles. The van der Waals surface area contributed by atoms with E-state index >= 15 is 0 Å². The van der Waals surface area contributed by atoms with Crippen molar-refractivity contribution in [2.24, 2.45) is 0 Å². The van der Waals surface area contributed by atoms with Crippen molar-refractivity contribution in [1.82, 2.24) is 14.4 Å². The number of rotatable bonds is 6. The summed E-state index contributed by atoms with van der Waals surface area (Å²) in [6.07, 6.45) is 8.00. The molecule has 35 heavy (non-hydrogen) atoms. The van der Waals surface area contributed by atoms with Crippen molar-refractivity contribution in [3.8, 4) is 0 Å². The summed E-state index contributed by atoms with van der Waals surface area (Å²) in [6.45, 7) is 3.83. The Morgan fingerprint density at radius 1 is 1.11 bits per heavy atom. The molecular weight excluding hydrogens is 474 g/mol. The summed E-state index contributed by atoms with van der Waals surface area (Å²) >= 11 is 6.89. The van der Waals surface area contributed by atoms with Crippen molar-refractivity contribution < 1.29 is 9.59 Å². The normalized spacial score (nSPS) is 19.8. The van der Waals surface area contributed by atoms with E-state index in [1.807, 2.05) is 64.2 Å². The summed E-state index contributed by atoms with van der Waals surface area (Å²) in [4.78, 5) is 30.6. The average Bonchev–Trinajstić information content (AvgIpc) is 3.34. The van der Waals surface area contributed by atoms with Crippen LogP contribution in [0.15, 0.2) is 65.7 Å². The molecule has 2 amide bonds. The molecule has 2 saturated heterocycles. The maximum Gasteiger partial charge on any atom is 0.266 e. The van der Waals surface area contributed by atoms with Gasteiger partial charge < -0.3 is 9.47 Å². The van der Waals surface area contributed by atoms with Crippen LogP contribution in [0.4, 0.5) is 0 Å². The zero-order valence-corrected chi connectivity index (χ0v) is 21.5. The maximum absolute atomic E-state index is 13.2. The quantitative estimate of drug-likeness (QED) is 0.330. The second-order valence-corrected chi connectivity index (χ2v) is 10.9. The molecule has 0 aliphatic carbocycles. The number of likely N-dealkylation sites (tertiary alicyclic amines) is 1. The van der Waals surface area contributed by atoms with E-state index in [1.54, 1.807) is 4.90 Å². The Morgan fingerprint density at radius 2 is 1.89 bits per heavy atom. The molecule has 1 aromatic heterocycles. The third-order valence-corrected chi connectivity index (χ3v) is 8.25. The Bertz CT molecular complexity index is 1300. The molecule has 0 saturated carbocycles. The number of aromatic nitrogens is 1. The second kappa shape index (κ2) is 10.4. The largest absolute Gasteiger partial charge is 0.338 e. The first-order valence-corrected chi connectivity index (χ1v) is 13.4. The van der Waals surface area contributed by atoms with Crippen LogP contribution in [0.1, 0.15) is 37.3 Å². The van der Waals surface area contributed by atoms with Gasteiger partial charge in [-0.05, 0) is 50.3 Å². The predicted octanol–water partition coefficient (Wildman–Crippen LogP) is 5.49. The summed E-state index contributed by atoms with van der Waals surface area (Å²) in [5.74, 6) is 0.0997. The van der Waals surface area contributed by atoms with Crippen LogP contribution in [0.5, 0.6) is 0 Å². The monoisotopic (exact) mass is 503 g/mol. The molecule has 0 unspecified atom stereocenters. The lowest BCUT2D eigenvalue weighted by Crippen LogP contribution is -2.43. The van der Waals surface area contributed by atoms with Gasteiger partial charge in [-0.3, -0.25) is 14.5 Å². The fraction of sp³-hybridized carbons (Fsp3) is 0.321. The van der Waals surface area contributed by atoms with Gasteiger partial charge in [0, 0.05) is 41.8 Å². The molecule has 5 nitrogen and oxygen atoms in total. The molecule has 0 spiro atoms. The highest BCUT2D eigenvalue weighted by atomic mass is 32.2. The van der Waals surface area contributed by atoms with Crippen LogP contribution in [0.3, 0.4) is 0 Å². The van der Waals surface area contributed by atoms with Gasteiger partial charge in [0.05, 0.1) is 4.91 Å². The SMILES string of the molecule is C[C@@H]1CCCCN1C(=O)Cn1cc(/C=C2\SC(=S)N(CCc3ccccc3)C2=O)c2ccccc21. The zero-order valence-electron chi connectivity index (χ0n) is 19.9. The molecule has 1 atom stereocenters. The molecule has 180 valence electrons. The van der Waals surface area contributed by atoms with Gasteiger partial charge in [-0.15, -0.1) is 0 Å². The van der Waals surface area contributed by atoms with Crippen molar-refractivity contribution in [2.75, 3.05) is 13.1 Å². The van der Waals surface area contributed by atoms with Crippen molar-refractivity contribution in [1.29, 1.82) is 0 Å². The first-order valence-electron chi connectivity index (χ1n) is 12.2. The summed E-state index contributed by atoms with van der Waals surface area (Å²) in [5, 5.41) is 1.03. The Balaban J connectivity index is 1.37. The fourth-order valence-corrected chi connectivity index (χ4v) is 6.25. The number of thiocarbonyl (C=S) groups is 1. The number of hydrogen-bond acceptors (Lipinski definition) is 4. The predicted molar refractivity (Wildman–Crippen MR) is 147 cm³/mol. The number of fused-ring (bicyclic) bond motifs is 1. The van der Waals surface area contributed by atoms with Crippen molar-refractivity contribution >= 4 is 57.1 Å². The van der Waals surface area contributed by atoms with E-state index in [0.717, 1.165) is 42.3 Å². The molecular formula is C28H29N3O2S2. The van der Waals surface area contributed by atoms with E-state index in [2.05, 4.69) is 19.1 Å². The molecule has 2 fully saturated rings. The zero-order chi connectivity index (χ0) is 24.4. The van der Waals surface area contributed by atoms with Crippen LogP contribution < -0.4 is 0 Å². The van der Waals surface area contributed by atoms with E-state index in [1.165, 1.54) is 23.7 Å². The van der Waals surface area contributed by atoms with Crippen LogP contribution >= 0.6 is 24.0 Å². The number of carbonyl (C=O) groups is 2. The molecule has 7 heteroatoms. The Hall–Kier alpha value is -2.90. The molecule has 5 rings (SSSR count). The van der Waals surface area contributed by atoms with E-state index in [0.29, 0.717) is 22.3 Å². The molecule has 0 N–H and O–H groups in total. The van der Waals surface area contributed by atoms with Crippen molar-refractivity contribution in [3.05, 3.63) is 76.8 Å². The van der Waals surface area contributed by atoms with E-state index in [-0.39, 0.29) is 17.9 Å². The average molecular weight is 504 g/mol. The van der Waals surface area contributed by atoms with Gasteiger partial charge >= 0.3 is 0 Å². The summed E-state index contributed by atoms with van der Waals surface area (Å²) < 4.78 is 2.61. The second-order valence-electron chi connectivity index (χ2n) is 9.23. The number of piperidine rings is 1. The molecule has 2 aromatic carbocycles. The lowest BCUT2D eigenvalue weighted by molar-refractivity contribution is -0.135. The van der Waals surface area contributed by atoms with Crippen LogP contribution in [-0.2, 0) is 22.6 Å². The van der Waals surface area contributed by atoms with Gasteiger partial charge in [-0.2, -0.15) is 0 Å². The summed E-state index contributed by atoms with van der Waals surface area (Å²) in [6, 6.07) is 18.5. The number of para-hydroxylation sites is 1. The van der Waals surface area contributed by atoms with Crippen molar-refractivity contribution in [3.63, 3.8) is 0 Å². The lowest BCUT2D eigenvalue weighted by atomic mass is 10.0. The number of nitrogens with zero attached hydrogens (tertiary/aromatic N) is 3. The van der Waals surface area contributed by atoms with Gasteiger partial charge in [0.15, 0.2) is 0 Å². The number of hydrogen-bond donors (Lipinski definition) is 0. The highest BCUT2D eigenvalue weighted by molar-refractivity contribution is 8.26. The minimum absolute atomic E-state index is 0.0500. The molecule has 2 aliphatic rings. The number of thioether (sulfide) groups is 1. The highest BCUT2D eigenvalue weighted by Crippen LogP contribution is 2.34. The molecule has 0 radical (unpaired) electrons. The Morgan fingerprint density at radius 3 is 2.69 bits per heavy atom. The fourth-order valence-electron chi connectivity index (χ4n) is 4.95. The minimum atomic E-state index is -0.0500. The van der Waals surface area contributed by atoms with Crippen molar-refractivity contribution in [2.45, 2.75) is 45.2 Å². The van der Waals surface area contributed by atoms with Gasteiger partial charge in [0.25, 0.3) is 5.91 Å². The Kier molecular flexibility index (Phi) is 7.07. The van der Waals surface area contributed by atoms with E-state index in [9.17, 15) is 9.59 Å². The van der Waals surface area contributed by atoms with Gasteiger partial charge in [-0.1, -0.05) is 72.5 Å². The van der Waals surface area contributed by atoms with E-state index < -0.39 is 0 Å². The number of carbonyl (C=O) groups excluding carboxylic acids is 2. The van der Waals surface area contributed by atoms with Gasteiger partial charge in [0.1, 0.15) is 10.9 Å². The number of amides is 2. The lowest BCUT2D eigenvalue weighted by Gasteiger charge is -2.33. The van der Waals surface area contributed by atoms with Crippen LogP contribution in [-0.4, -0.2) is 49.6 Å². The first kappa shape index (κ1) is 23.8. The molecule has 0 bridgehead atoms. The van der Waals surface area contributed by atoms with E-state index in [4.69, 9.17) is 12.2 Å². The third kappa shape index (κ3) is 5.07. The minimum Gasteiger partial charge on any atom is -0.338 e. The standard InChI is InChI=1S/C28H29N3O2S2/c1-20-9-7-8-15-30(20)26(32)19-29-18-22(23-12-5-6-13-24(23)29)17-25-27(33)31(28(34)35-25)16-14-21-10-3-2-4-11-21/h2-6,10-13,17-18,20H,7-9,14-16,19H2,1H3/b25-17-/t20-/m1/s1. The summed E-state index contributed by atoms with van der Waals surface area (Å²) in [7, 11) is 0. The smallest absolute Gasteiger partial charge is 0.266 e. The highest BCUT2D eigenvalue weighted by Gasteiger charge is 2.32.